The quantitative estimate of drug-likeness (QED) is 0.711. The van der Waals surface area contributed by atoms with Crippen LogP contribution in [0.4, 0.5) is 0 Å². The molecular weight excluding hydrogens is 308 g/mol. The third kappa shape index (κ3) is 4.02. The number of nitrogens with zero attached hydrogens (tertiary/aromatic N) is 2. The van der Waals surface area contributed by atoms with Crippen molar-refractivity contribution in [2.24, 2.45) is 10.2 Å². The number of aromatic nitrogens is 1. The summed E-state index contributed by atoms with van der Waals surface area (Å²) in [7, 11) is -4.00. The lowest BCUT2D eigenvalue weighted by molar-refractivity contribution is -0.119. The highest BCUT2D eigenvalue weighted by atomic mass is 32.2. The van der Waals surface area contributed by atoms with Gasteiger partial charge in [-0.3, -0.25) is 9.59 Å². The molecule has 22 heavy (non-hydrogen) atoms. The Balaban J connectivity index is 1.90. The Morgan fingerprint density at radius 2 is 2.09 bits per heavy atom. The van der Waals surface area contributed by atoms with Crippen LogP contribution >= 0.6 is 0 Å². The van der Waals surface area contributed by atoms with Gasteiger partial charge in [0, 0.05) is 37.9 Å². The second-order valence-corrected chi connectivity index (χ2v) is 6.49. The molecule has 9 heteroatoms. The Kier molecular flexibility index (Phi) is 4.42. The van der Waals surface area contributed by atoms with Crippen LogP contribution in [0.15, 0.2) is 38.2 Å². The highest BCUT2D eigenvalue weighted by molar-refractivity contribution is 7.90. The third-order valence-corrected chi connectivity index (χ3v) is 4.49. The maximum atomic E-state index is 11.9. The van der Waals surface area contributed by atoms with Crippen molar-refractivity contribution in [3.8, 4) is 12.3 Å². The number of nitrogens with one attached hydrogen (secondary N) is 2. The van der Waals surface area contributed by atoms with Gasteiger partial charge in [0.05, 0.1) is 0 Å². The van der Waals surface area contributed by atoms with Crippen LogP contribution < -0.4 is 10.3 Å². The topological polar surface area (TPSA) is 121 Å². The molecule has 1 aromatic rings. The van der Waals surface area contributed by atoms with Crippen LogP contribution in [-0.4, -0.2) is 25.0 Å². The normalized spacial score (nSPS) is 15.0. The fourth-order valence-electron chi connectivity index (χ4n) is 1.81. The number of aromatic amines is 1. The molecule has 116 valence electrons. The van der Waals surface area contributed by atoms with Gasteiger partial charge in [0.2, 0.25) is 11.5 Å². The number of carbonyl (C=O) groups excluding carboxylic acids is 1. The van der Waals surface area contributed by atoms with Gasteiger partial charge in [-0.15, -0.1) is 12.3 Å². The van der Waals surface area contributed by atoms with E-state index in [1.165, 1.54) is 0 Å². The van der Waals surface area contributed by atoms with E-state index < -0.39 is 27.2 Å². The molecule has 0 fully saturated rings. The van der Waals surface area contributed by atoms with E-state index in [4.69, 9.17) is 6.42 Å². The molecule has 0 unspecified atom stereocenters. The van der Waals surface area contributed by atoms with Crippen molar-refractivity contribution in [3.63, 3.8) is 0 Å². The maximum absolute atomic E-state index is 11.9. The van der Waals surface area contributed by atoms with E-state index in [1.54, 1.807) is 0 Å². The molecule has 0 radical (unpaired) electrons. The second-order valence-electron chi connectivity index (χ2n) is 4.80. The van der Waals surface area contributed by atoms with E-state index in [2.05, 4.69) is 21.1 Å². The standard InChI is InChI=1S/C13H14N4O4S/c1-2-3-7-13(16-17-13)8-6-12(19)15-22(20,21)10-4-5-11(18)14-9-10/h1,4-5,9H,3,6-8H2,(H,14,18)(H,15,19). The maximum Gasteiger partial charge on any atom is 0.265 e. The Labute approximate surface area is 127 Å². The second kappa shape index (κ2) is 6.11. The van der Waals surface area contributed by atoms with Crippen molar-refractivity contribution in [2.45, 2.75) is 36.2 Å². The Bertz CT molecular complexity index is 778. The first-order valence-electron chi connectivity index (χ1n) is 6.49. The first kappa shape index (κ1) is 15.9. The number of hydrogen-bond acceptors (Lipinski definition) is 6. The average Bonchev–Trinajstić information content (AvgIpc) is 3.24. The molecule has 8 nitrogen and oxygen atoms in total. The largest absolute Gasteiger partial charge is 0.328 e. The van der Waals surface area contributed by atoms with Gasteiger partial charge in [-0.05, 0) is 6.07 Å². The molecule has 0 bridgehead atoms. The van der Waals surface area contributed by atoms with Gasteiger partial charge in [-0.2, -0.15) is 10.2 Å². The van der Waals surface area contributed by atoms with Gasteiger partial charge in [0.1, 0.15) is 4.90 Å². The number of rotatable bonds is 7. The van der Waals surface area contributed by atoms with E-state index in [9.17, 15) is 18.0 Å². The molecule has 0 saturated heterocycles. The number of pyridine rings is 1. The van der Waals surface area contributed by atoms with Gasteiger partial charge >= 0.3 is 0 Å². The number of amides is 1. The van der Waals surface area contributed by atoms with Crippen molar-refractivity contribution in [2.75, 3.05) is 0 Å². The zero-order valence-electron chi connectivity index (χ0n) is 11.6. The molecule has 1 amide bonds. The summed E-state index contributed by atoms with van der Waals surface area (Å²) in [6, 6.07) is 2.18. The summed E-state index contributed by atoms with van der Waals surface area (Å²) in [5.41, 5.74) is -1.07. The summed E-state index contributed by atoms with van der Waals surface area (Å²) in [5, 5.41) is 7.74. The molecule has 0 spiro atoms. The fourth-order valence-corrected chi connectivity index (χ4v) is 2.79. The average molecular weight is 322 g/mol. The van der Waals surface area contributed by atoms with Gasteiger partial charge in [-0.25, -0.2) is 13.1 Å². The molecule has 2 N–H and O–H groups in total. The highest BCUT2D eigenvalue weighted by Gasteiger charge is 2.39. The van der Waals surface area contributed by atoms with Crippen LogP contribution in [0.3, 0.4) is 0 Å². The molecule has 0 saturated carbocycles. The SMILES string of the molecule is C#CCCC1(CCC(=O)NS(=O)(=O)c2ccc(=O)[nH]c2)N=N1. The molecule has 0 aliphatic carbocycles. The van der Waals surface area contributed by atoms with E-state index in [0.29, 0.717) is 19.3 Å². The van der Waals surface area contributed by atoms with Crippen LogP contribution in [0, 0.1) is 12.3 Å². The zero-order valence-corrected chi connectivity index (χ0v) is 12.4. The lowest BCUT2D eigenvalue weighted by Gasteiger charge is -2.09. The number of terminal acetylenes is 1. The molecule has 1 aromatic heterocycles. The highest BCUT2D eigenvalue weighted by Crippen LogP contribution is 2.37. The molecule has 2 heterocycles. The molecule has 0 atom stereocenters. The van der Waals surface area contributed by atoms with Gasteiger partial charge in [0.15, 0.2) is 5.66 Å². The van der Waals surface area contributed by atoms with Crippen LogP contribution in [0.25, 0.3) is 0 Å². The summed E-state index contributed by atoms with van der Waals surface area (Å²) >= 11 is 0. The van der Waals surface area contributed by atoms with Crippen molar-refractivity contribution in [1.29, 1.82) is 0 Å². The number of carbonyl (C=O) groups is 1. The Hall–Kier alpha value is -2.47. The number of sulfonamides is 1. The van der Waals surface area contributed by atoms with Gasteiger partial charge in [0.25, 0.3) is 10.0 Å². The Morgan fingerprint density at radius 1 is 1.36 bits per heavy atom. The molecule has 2 rings (SSSR count). The predicted molar refractivity (Wildman–Crippen MR) is 77.3 cm³/mol. The van der Waals surface area contributed by atoms with Crippen molar-refractivity contribution < 1.29 is 13.2 Å². The van der Waals surface area contributed by atoms with Gasteiger partial charge < -0.3 is 4.98 Å². The minimum atomic E-state index is -4.00. The van der Waals surface area contributed by atoms with Crippen LogP contribution in [0.2, 0.25) is 0 Å². The Morgan fingerprint density at radius 3 is 2.64 bits per heavy atom. The van der Waals surface area contributed by atoms with Crippen LogP contribution in [0.5, 0.6) is 0 Å². The summed E-state index contributed by atoms with van der Waals surface area (Å²) in [6.07, 6.45) is 7.49. The van der Waals surface area contributed by atoms with E-state index >= 15 is 0 Å². The number of H-pyrrole nitrogens is 1. The fraction of sp³-hybridized carbons (Fsp3) is 0.385. The summed E-state index contributed by atoms with van der Waals surface area (Å²) < 4.78 is 25.8. The molecule has 0 aromatic carbocycles. The summed E-state index contributed by atoms with van der Waals surface area (Å²) in [4.78, 5) is 24.7. The summed E-state index contributed by atoms with van der Waals surface area (Å²) in [5.74, 6) is 1.81. The molecule has 1 aliphatic rings. The molecular formula is C13H14N4O4S. The molecule has 1 aliphatic heterocycles. The third-order valence-electron chi connectivity index (χ3n) is 3.12. The first-order chi connectivity index (χ1) is 10.4. The van der Waals surface area contributed by atoms with Crippen LogP contribution in [-0.2, 0) is 14.8 Å². The monoisotopic (exact) mass is 322 g/mol. The minimum Gasteiger partial charge on any atom is -0.328 e. The van der Waals surface area contributed by atoms with E-state index in [1.807, 2.05) is 4.72 Å². The first-order valence-corrected chi connectivity index (χ1v) is 7.97. The number of hydrogen-bond donors (Lipinski definition) is 2. The van der Waals surface area contributed by atoms with E-state index in [0.717, 1.165) is 18.3 Å². The lowest BCUT2D eigenvalue weighted by atomic mass is 10.0. The van der Waals surface area contributed by atoms with E-state index in [-0.39, 0.29) is 11.3 Å². The van der Waals surface area contributed by atoms with Crippen molar-refractivity contribution in [1.82, 2.24) is 9.71 Å². The smallest absolute Gasteiger partial charge is 0.265 e. The zero-order chi connectivity index (χ0) is 16.2. The van der Waals surface area contributed by atoms with Crippen LogP contribution in [0.1, 0.15) is 25.7 Å². The van der Waals surface area contributed by atoms with Gasteiger partial charge in [-0.1, -0.05) is 0 Å². The predicted octanol–water partition coefficient (Wildman–Crippen LogP) is 0.535. The van der Waals surface area contributed by atoms with Crippen molar-refractivity contribution in [3.05, 3.63) is 28.7 Å². The minimum absolute atomic E-state index is 0.0415. The lowest BCUT2D eigenvalue weighted by Crippen LogP contribution is -2.31. The van der Waals surface area contributed by atoms with Crippen molar-refractivity contribution >= 4 is 15.9 Å². The summed E-state index contributed by atoms with van der Waals surface area (Å²) in [6.45, 7) is 0.